The molecule has 0 fully saturated rings. The molecule has 5 heteroatoms. The molecule has 0 aliphatic carbocycles. The zero-order chi connectivity index (χ0) is 11.5. The highest BCUT2D eigenvalue weighted by Gasteiger charge is 2.10. The number of nitrogens with zero attached hydrogens (tertiary/aromatic N) is 2. The Labute approximate surface area is 108 Å². The second kappa shape index (κ2) is 5.17. The van der Waals surface area contributed by atoms with Crippen molar-refractivity contribution >= 4 is 34.7 Å². The number of halogens is 1. The van der Waals surface area contributed by atoms with Gasteiger partial charge in [0.1, 0.15) is 16.0 Å². The molecule has 2 heterocycles. The third-order valence-electron chi connectivity index (χ3n) is 2.10. The Kier molecular flexibility index (Phi) is 3.84. The highest BCUT2D eigenvalue weighted by atomic mass is 35.5. The fourth-order valence-electron chi connectivity index (χ4n) is 1.19. The zero-order valence-corrected chi connectivity index (χ0v) is 11.4. The van der Waals surface area contributed by atoms with Gasteiger partial charge < -0.3 is 0 Å². The molecule has 2 nitrogen and oxygen atoms in total. The number of aromatic nitrogens is 2. The summed E-state index contributed by atoms with van der Waals surface area (Å²) in [7, 11) is 0. The zero-order valence-electron chi connectivity index (χ0n) is 9.03. The molecule has 0 unspecified atom stereocenters. The summed E-state index contributed by atoms with van der Waals surface area (Å²) in [4.78, 5) is 8.73. The first-order valence-corrected chi connectivity index (χ1v) is 7.02. The molecule has 0 spiro atoms. The predicted molar refractivity (Wildman–Crippen MR) is 69.6 cm³/mol. The summed E-state index contributed by atoms with van der Waals surface area (Å²) < 4.78 is 1.22. The van der Waals surface area contributed by atoms with Gasteiger partial charge in [-0.1, -0.05) is 36.4 Å². The van der Waals surface area contributed by atoms with Gasteiger partial charge in [-0.2, -0.15) is 0 Å². The average Bonchev–Trinajstić information content (AvgIpc) is 2.77. The van der Waals surface area contributed by atoms with Gasteiger partial charge in [-0.15, -0.1) is 11.3 Å². The van der Waals surface area contributed by atoms with Crippen molar-refractivity contribution in [3.05, 3.63) is 34.1 Å². The van der Waals surface area contributed by atoms with E-state index in [1.165, 1.54) is 4.21 Å². The molecular weight excluding hydrogens is 260 g/mol. The van der Waals surface area contributed by atoms with Crippen molar-refractivity contribution in [1.29, 1.82) is 0 Å². The molecule has 2 rings (SSSR count). The Morgan fingerprint density at radius 3 is 2.88 bits per heavy atom. The summed E-state index contributed by atoms with van der Waals surface area (Å²) in [6.45, 7) is 3.98. The van der Waals surface area contributed by atoms with Gasteiger partial charge >= 0.3 is 0 Å². The number of hydrogen-bond acceptors (Lipinski definition) is 4. The lowest BCUT2D eigenvalue weighted by molar-refractivity contribution is 0.872. The van der Waals surface area contributed by atoms with Gasteiger partial charge in [0, 0.05) is 12.0 Å². The van der Waals surface area contributed by atoms with Crippen LogP contribution in [0.3, 0.4) is 0 Å². The van der Waals surface area contributed by atoms with Crippen molar-refractivity contribution in [3.8, 4) is 0 Å². The molecule has 0 bridgehead atoms. The Morgan fingerprint density at radius 1 is 1.44 bits per heavy atom. The van der Waals surface area contributed by atoms with E-state index < -0.39 is 0 Å². The van der Waals surface area contributed by atoms with Crippen LogP contribution in [0.25, 0.3) is 0 Å². The lowest BCUT2D eigenvalue weighted by atomic mass is 10.3. The highest BCUT2D eigenvalue weighted by molar-refractivity contribution is 8.01. The molecule has 0 saturated carbocycles. The van der Waals surface area contributed by atoms with Crippen LogP contribution in [0.2, 0.25) is 5.15 Å². The normalized spacial score (nSPS) is 10.7. The van der Waals surface area contributed by atoms with E-state index in [4.69, 9.17) is 11.6 Å². The van der Waals surface area contributed by atoms with E-state index in [0.29, 0.717) is 5.15 Å². The van der Waals surface area contributed by atoms with Crippen LogP contribution in [0, 0.1) is 6.92 Å². The van der Waals surface area contributed by atoms with Crippen molar-refractivity contribution in [1.82, 2.24) is 9.97 Å². The summed E-state index contributed by atoms with van der Waals surface area (Å²) in [6, 6.07) is 4.11. The fourth-order valence-corrected chi connectivity index (χ4v) is 3.21. The van der Waals surface area contributed by atoms with Crippen LogP contribution < -0.4 is 0 Å². The van der Waals surface area contributed by atoms with Crippen molar-refractivity contribution < 1.29 is 0 Å². The van der Waals surface area contributed by atoms with E-state index >= 15 is 0 Å². The van der Waals surface area contributed by atoms with Crippen molar-refractivity contribution in [2.24, 2.45) is 0 Å². The van der Waals surface area contributed by atoms with Gasteiger partial charge in [-0.05, 0) is 18.4 Å². The molecule has 0 aliphatic rings. The van der Waals surface area contributed by atoms with Crippen LogP contribution in [0.1, 0.15) is 18.3 Å². The lowest BCUT2D eigenvalue weighted by Gasteiger charge is -2.06. The maximum Gasteiger partial charge on any atom is 0.136 e. The lowest BCUT2D eigenvalue weighted by Crippen LogP contribution is -1.98. The number of hydrogen-bond donors (Lipinski definition) is 0. The van der Waals surface area contributed by atoms with E-state index in [9.17, 15) is 0 Å². The molecule has 0 aliphatic heterocycles. The average molecular weight is 271 g/mol. The molecule has 0 radical (unpaired) electrons. The molecule has 0 aromatic carbocycles. The molecule has 0 N–H and O–H groups in total. The summed E-state index contributed by atoms with van der Waals surface area (Å²) in [5.74, 6) is 0.801. The second-order valence-electron chi connectivity index (χ2n) is 3.25. The van der Waals surface area contributed by atoms with Crippen LogP contribution >= 0.6 is 34.7 Å². The minimum Gasteiger partial charge on any atom is -0.226 e. The summed E-state index contributed by atoms with van der Waals surface area (Å²) >= 11 is 9.43. The summed E-state index contributed by atoms with van der Waals surface area (Å²) in [5, 5.41) is 3.58. The third kappa shape index (κ3) is 2.56. The predicted octanol–water partition coefficient (Wildman–Crippen LogP) is 4.21. The largest absolute Gasteiger partial charge is 0.226 e. The molecule has 2 aromatic rings. The first-order valence-electron chi connectivity index (χ1n) is 4.95. The molecule has 2 aromatic heterocycles. The van der Waals surface area contributed by atoms with E-state index in [0.717, 1.165) is 22.8 Å². The minimum absolute atomic E-state index is 0.561. The standard InChI is InChI=1S/C11H11ClN2S2/c1-3-8-13-10(12)7(2)11(14-8)16-9-5-4-6-15-9/h4-6H,3H2,1-2H3. The van der Waals surface area contributed by atoms with Crippen LogP contribution in [0.5, 0.6) is 0 Å². The van der Waals surface area contributed by atoms with E-state index in [-0.39, 0.29) is 0 Å². The van der Waals surface area contributed by atoms with Crippen molar-refractivity contribution in [3.63, 3.8) is 0 Å². The van der Waals surface area contributed by atoms with Crippen LogP contribution in [0.15, 0.2) is 26.7 Å². The Balaban J connectivity index is 2.36. The number of rotatable bonds is 3. The SMILES string of the molecule is CCc1nc(Cl)c(C)c(Sc2cccs2)n1. The molecule has 0 saturated heterocycles. The molecule has 0 amide bonds. The number of aryl methyl sites for hydroxylation is 1. The first-order chi connectivity index (χ1) is 7.70. The van der Waals surface area contributed by atoms with Crippen molar-refractivity contribution in [2.45, 2.75) is 29.5 Å². The first kappa shape index (κ1) is 11.9. The van der Waals surface area contributed by atoms with Crippen LogP contribution in [0.4, 0.5) is 0 Å². The van der Waals surface area contributed by atoms with E-state index in [1.807, 2.05) is 19.9 Å². The maximum absolute atomic E-state index is 6.08. The van der Waals surface area contributed by atoms with E-state index in [1.54, 1.807) is 23.1 Å². The van der Waals surface area contributed by atoms with Gasteiger partial charge in [0.2, 0.25) is 0 Å². The quantitative estimate of drug-likeness (QED) is 0.781. The highest BCUT2D eigenvalue weighted by Crippen LogP contribution is 2.33. The Bertz CT molecular complexity index is 483. The van der Waals surface area contributed by atoms with Gasteiger partial charge in [0.05, 0.1) is 4.21 Å². The third-order valence-corrected chi connectivity index (χ3v) is 4.59. The molecule has 0 atom stereocenters. The second-order valence-corrected chi connectivity index (χ2v) is 5.84. The van der Waals surface area contributed by atoms with E-state index in [2.05, 4.69) is 21.4 Å². The van der Waals surface area contributed by atoms with Crippen LogP contribution in [-0.4, -0.2) is 9.97 Å². The maximum atomic E-state index is 6.08. The Hall–Kier alpha value is -0.580. The summed E-state index contributed by atoms with van der Waals surface area (Å²) in [6.07, 6.45) is 0.804. The van der Waals surface area contributed by atoms with Crippen LogP contribution in [-0.2, 0) is 6.42 Å². The monoisotopic (exact) mass is 270 g/mol. The topological polar surface area (TPSA) is 25.8 Å². The Morgan fingerprint density at radius 2 is 2.25 bits per heavy atom. The van der Waals surface area contributed by atoms with Gasteiger partial charge in [-0.25, -0.2) is 9.97 Å². The number of thiophene rings is 1. The molecule has 84 valence electrons. The minimum atomic E-state index is 0.561. The summed E-state index contributed by atoms with van der Waals surface area (Å²) in [5.41, 5.74) is 0.956. The van der Waals surface area contributed by atoms with Gasteiger partial charge in [-0.3, -0.25) is 0 Å². The smallest absolute Gasteiger partial charge is 0.136 e. The molecule has 16 heavy (non-hydrogen) atoms. The van der Waals surface area contributed by atoms with Crippen molar-refractivity contribution in [2.75, 3.05) is 0 Å². The molecular formula is C11H11ClN2S2. The van der Waals surface area contributed by atoms with Gasteiger partial charge in [0.25, 0.3) is 0 Å². The van der Waals surface area contributed by atoms with Gasteiger partial charge in [0.15, 0.2) is 0 Å². The fraction of sp³-hybridized carbons (Fsp3) is 0.273.